The summed E-state index contributed by atoms with van der Waals surface area (Å²) in [6.45, 7) is 3.64. The predicted molar refractivity (Wildman–Crippen MR) is 58.6 cm³/mol. The van der Waals surface area contributed by atoms with Crippen molar-refractivity contribution in [2.75, 3.05) is 5.75 Å². The standard InChI is InChI=1S/C10H18N2O2S/c1-3-15(13,14)12-10(8-11)6-4-5-9(2)7-10/h9,12H,3-7H2,1-2H3/t9-,10-/m1/s1. The molecule has 0 aromatic heterocycles. The summed E-state index contributed by atoms with van der Waals surface area (Å²) < 4.78 is 25.5. The van der Waals surface area contributed by atoms with Crippen molar-refractivity contribution < 1.29 is 8.42 Å². The maximum Gasteiger partial charge on any atom is 0.212 e. The van der Waals surface area contributed by atoms with E-state index in [1.807, 2.05) is 0 Å². The average molecular weight is 230 g/mol. The third-order valence-corrected chi connectivity index (χ3v) is 4.40. The van der Waals surface area contributed by atoms with Crippen LogP contribution in [0.1, 0.15) is 39.5 Å². The highest BCUT2D eigenvalue weighted by Gasteiger charge is 2.37. The second kappa shape index (κ2) is 4.50. The van der Waals surface area contributed by atoms with Crippen molar-refractivity contribution in [1.29, 1.82) is 5.26 Å². The fourth-order valence-electron chi connectivity index (χ4n) is 2.14. The molecule has 0 bridgehead atoms. The molecule has 0 saturated heterocycles. The van der Waals surface area contributed by atoms with Crippen LogP contribution in [0.25, 0.3) is 0 Å². The molecule has 15 heavy (non-hydrogen) atoms. The molecule has 0 radical (unpaired) electrons. The maximum absolute atomic E-state index is 11.5. The highest BCUT2D eigenvalue weighted by Crippen LogP contribution is 2.32. The van der Waals surface area contributed by atoms with Gasteiger partial charge < -0.3 is 0 Å². The summed E-state index contributed by atoms with van der Waals surface area (Å²) in [6.07, 6.45) is 3.26. The van der Waals surface area contributed by atoms with Crippen molar-refractivity contribution in [1.82, 2.24) is 4.72 Å². The summed E-state index contributed by atoms with van der Waals surface area (Å²) in [4.78, 5) is 0. The van der Waals surface area contributed by atoms with Gasteiger partial charge in [0.1, 0.15) is 5.54 Å². The van der Waals surface area contributed by atoms with Crippen LogP contribution in [0.3, 0.4) is 0 Å². The van der Waals surface area contributed by atoms with Crippen molar-refractivity contribution in [3.8, 4) is 6.07 Å². The van der Waals surface area contributed by atoms with E-state index in [4.69, 9.17) is 5.26 Å². The molecule has 5 heteroatoms. The molecule has 1 aliphatic carbocycles. The molecule has 86 valence electrons. The monoisotopic (exact) mass is 230 g/mol. The molecule has 0 amide bonds. The van der Waals surface area contributed by atoms with Gasteiger partial charge in [-0.1, -0.05) is 19.8 Å². The molecule has 1 fully saturated rings. The zero-order valence-corrected chi connectivity index (χ0v) is 10.1. The van der Waals surface area contributed by atoms with Gasteiger partial charge in [-0.2, -0.15) is 9.98 Å². The molecule has 0 unspecified atom stereocenters. The smallest absolute Gasteiger partial charge is 0.212 e. The van der Waals surface area contributed by atoms with Crippen LogP contribution in [0.2, 0.25) is 0 Å². The maximum atomic E-state index is 11.5. The first-order valence-corrected chi connectivity index (χ1v) is 7.01. The molecule has 1 rings (SSSR count). The van der Waals surface area contributed by atoms with Crippen LogP contribution >= 0.6 is 0 Å². The van der Waals surface area contributed by atoms with Gasteiger partial charge in [-0.15, -0.1) is 0 Å². The van der Waals surface area contributed by atoms with Gasteiger partial charge in [0.05, 0.1) is 11.8 Å². The number of hydrogen-bond donors (Lipinski definition) is 1. The molecule has 0 spiro atoms. The summed E-state index contributed by atoms with van der Waals surface area (Å²) in [7, 11) is -3.29. The van der Waals surface area contributed by atoms with Gasteiger partial charge in [0, 0.05) is 0 Å². The third kappa shape index (κ3) is 3.18. The van der Waals surface area contributed by atoms with Crippen molar-refractivity contribution in [2.24, 2.45) is 5.92 Å². The van der Waals surface area contributed by atoms with Crippen LogP contribution in [-0.4, -0.2) is 19.7 Å². The predicted octanol–water partition coefficient (Wildman–Crippen LogP) is 1.40. The Morgan fingerprint density at radius 2 is 2.27 bits per heavy atom. The normalized spacial score (nSPS) is 32.2. The van der Waals surface area contributed by atoms with E-state index in [0.29, 0.717) is 18.8 Å². The van der Waals surface area contributed by atoms with E-state index in [1.54, 1.807) is 6.92 Å². The van der Waals surface area contributed by atoms with Crippen LogP contribution < -0.4 is 4.72 Å². The number of nitriles is 1. The minimum Gasteiger partial charge on any atom is -0.212 e. The van der Waals surface area contributed by atoms with Crippen LogP contribution in [0.5, 0.6) is 0 Å². The lowest BCUT2D eigenvalue weighted by atomic mass is 9.78. The largest absolute Gasteiger partial charge is 0.212 e. The van der Waals surface area contributed by atoms with E-state index in [1.165, 1.54) is 0 Å². The first kappa shape index (κ1) is 12.5. The van der Waals surface area contributed by atoms with E-state index >= 15 is 0 Å². The molecule has 1 saturated carbocycles. The van der Waals surface area contributed by atoms with E-state index in [0.717, 1.165) is 12.8 Å². The average Bonchev–Trinajstić information content (AvgIpc) is 2.17. The van der Waals surface area contributed by atoms with Crippen molar-refractivity contribution in [3.63, 3.8) is 0 Å². The Balaban J connectivity index is 2.82. The molecule has 2 atom stereocenters. The molecular formula is C10H18N2O2S. The fraction of sp³-hybridized carbons (Fsp3) is 0.900. The molecular weight excluding hydrogens is 212 g/mol. The zero-order valence-electron chi connectivity index (χ0n) is 9.28. The van der Waals surface area contributed by atoms with Crippen LogP contribution in [-0.2, 0) is 10.0 Å². The first-order valence-electron chi connectivity index (χ1n) is 5.36. The summed E-state index contributed by atoms with van der Waals surface area (Å²) in [5, 5.41) is 9.14. The molecule has 0 aromatic rings. The molecule has 1 aliphatic rings. The van der Waals surface area contributed by atoms with Crippen molar-refractivity contribution in [2.45, 2.75) is 45.1 Å². The number of nitrogens with one attached hydrogen (secondary N) is 1. The second-order valence-corrected chi connectivity index (χ2v) is 6.41. The Morgan fingerprint density at radius 1 is 1.60 bits per heavy atom. The molecule has 1 N–H and O–H groups in total. The lowest BCUT2D eigenvalue weighted by molar-refractivity contribution is 0.270. The Bertz CT molecular complexity index is 358. The number of hydrogen-bond acceptors (Lipinski definition) is 3. The Kier molecular flexibility index (Phi) is 3.74. The van der Waals surface area contributed by atoms with E-state index in [2.05, 4.69) is 17.7 Å². The zero-order chi connectivity index (χ0) is 11.5. The van der Waals surface area contributed by atoms with Gasteiger partial charge in [0.2, 0.25) is 10.0 Å². The molecule has 4 nitrogen and oxygen atoms in total. The summed E-state index contributed by atoms with van der Waals surface area (Å²) in [6, 6.07) is 2.15. The minimum absolute atomic E-state index is 0.0326. The first-order chi connectivity index (χ1) is 6.93. The number of rotatable bonds is 3. The van der Waals surface area contributed by atoms with Gasteiger partial charge in [-0.05, 0) is 25.7 Å². The number of sulfonamides is 1. The van der Waals surface area contributed by atoms with Crippen molar-refractivity contribution in [3.05, 3.63) is 0 Å². The second-order valence-electron chi connectivity index (χ2n) is 4.40. The van der Waals surface area contributed by atoms with Gasteiger partial charge in [0.15, 0.2) is 0 Å². The quantitative estimate of drug-likeness (QED) is 0.796. The Morgan fingerprint density at radius 3 is 2.73 bits per heavy atom. The van der Waals surface area contributed by atoms with E-state index in [9.17, 15) is 8.42 Å². The van der Waals surface area contributed by atoms with Gasteiger partial charge >= 0.3 is 0 Å². The van der Waals surface area contributed by atoms with Gasteiger partial charge in [-0.3, -0.25) is 0 Å². The lowest BCUT2D eigenvalue weighted by Gasteiger charge is -2.34. The lowest BCUT2D eigenvalue weighted by Crippen LogP contribution is -2.50. The number of nitrogens with zero attached hydrogens (tertiary/aromatic N) is 1. The molecule has 0 aliphatic heterocycles. The summed E-state index contributed by atoms with van der Waals surface area (Å²) in [5.74, 6) is 0.447. The highest BCUT2D eigenvalue weighted by atomic mass is 32.2. The molecule has 0 aromatic carbocycles. The van der Waals surface area contributed by atoms with Crippen LogP contribution in [0, 0.1) is 17.2 Å². The Labute approximate surface area is 91.7 Å². The van der Waals surface area contributed by atoms with E-state index < -0.39 is 15.6 Å². The fourth-order valence-corrected chi connectivity index (χ4v) is 3.11. The van der Waals surface area contributed by atoms with Crippen LogP contribution in [0.4, 0.5) is 0 Å². The highest BCUT2D eigenvalue weighted by molar-refractivity contribution is 7.89. The minimum atomic E-state index is -3.29. The topological polar surface area (TPSA) is 70.0 Å². The molecule has 0 heterocycles. The summed E-state index contributed by atoms with van der Waals surface area (Å²) >= 11 is 0. The third-order valence-electron chi connectivity index (χ3n) is 2.94. The Hall–Kier alpha value is -0.600. The van der Waals surface area contributed by atoms with Crippen molar-refractivity contribution >= 4 is 10.0 Å². The van der Waals surface area contributed by atoms with Gasteiger partial charge in [0.25, 0.3) is 0 Å². The van der Waals surface area contributed by atoms with Gasteiger partial charge in [-0.25, -0.2) is 8.42 Å². The van der Waals surface area contributed by atoms with E-state index in [-0.39, 0.29) is 5.75 Å². The van der Waals surface area contributed by atoms with Crippen LogP contribution in [0.15, 0.2) is 0 Å². The summed E-state index contributed by atoms with van der Waals surface area (Å²) in [5.41, 5.74) is -0.855. The SMILES string of the molecule is CCS(=O)(=O)N[C@]1(C#N)CCC[C@@H](C)C1.